The van der Waals surface area contributed by atoms with Crippen molar-refractivity contribution >= 4 is 33.3 Å². The lowest BCUT2D eigenvalue weighted by molar-refractivity contribution is -0.144. The van der Waals surface area contributed by atoms with E-state index >= 15 is 0 Å². The molecule has 1 saturated heterocycles. The smallest absolute Gasteiger partial charge is 0.306 e. The lowest BCUT2D eigenvalue weighted by atomic mass is 10.2. The van der Waals surface area contributed by atoms with Gasteiger partial charge in [-0.2, -0.15) is 0 Å². The molecular weight excluding hydrogens is 320 g/mol. The van der Waals surface area contributed by atoms with Crippen molar-refractivity contribution in [3.05, 3.63) is 24.3 Å². The molecule has 1 aliphatic rings. The SMILES string of the molecule is CCOC(=O)CCC(=O)Nc1ccc(N2CCCS2(=O)=O)cc1. The van der Waals surface area contributed by atoms with Crippen LogP contribution >= 0.6 is 0 Å². The monoisotopic (exact) mass is 340 g/mol. The highest BCUT2D eigenvalue weighted by Crippen LogP contribution is 2.25. The van der Waals surface area contributed by atoms with Crippen LogP contribution in [0.1, 0.15) is 26.2 Å². The number of esters is 1. The van der Waals surface area contributed by atoms with Gasteiger partial charge in [0.25, 0.3) is 0 Å². The number of carbonyl (C=O) groups excluding carboxylic acids is 2. The van der Waals surface area contributed by atoms with Gasteiger partial charge in [-0.25, -0.2) is 8.42 Å². The third-order valence-corrected chi connectivity index (χ3v) is 5.27. The second kappa shape index (κ2) is 7.45. The van der Waals surface area contributed by atoms with E-state index in [9.17, 15) is 18.0 Å². The fraction of sp³-hybridized carbons (Fsp3) is 0.467. The van der Waals surface area contributed by atoms with Crippen molar-refractivity contribution < 1.29 is 22.7 Å². The van der Waals surface area contributed by atoms with Crippen LogP contribution in [0.5, 0.6) is 0 Å². The van der Waals surface area contributed by atoms with Crippen LogP contribution in [0.4, 0.5) is 11.4 Å². The zero-order chi connectivity index (χ0) is 16.9. The zero-order valence-corrected chi connectivity index (χ0v) is 13.8. The third-order valence-electron chi connectivity index (χ3n) is 3.40. The Hall–Kier alpha value is -2.09. The van der Waals surface area contributed by atoms with Gasteiger partial charge in [-0.05, 0) is 37.6 Å². The largest absolute Gasteiger partial charge is 0.466 e. The Bertz CT molecular complexity index is 670. The molecule has 0 unspecified atom stereocenters. The molecule has 1 N–H and O–H groups in total. The maximum atomic E-state index is 11.8. The first kappa shape index (κ1) is 17.3. The predicted octanol–water partition coefficient (Wildman–Crippen LogP) is 1.51. The molecule has 1 heterocycles. The number of sulfonamides is 1. The van der Waals surface area contributed by atoms with Gasteiger partial charge in [-0.3, -0.25) is 13.9 Å². The van der Waals surface area contributed by atoms with Gasteiger partial charge in [-0.1, -0.05) is 0 Å². The van der Waals surface area contributed by atoms with Gasteiger partial charge in [0.15, 0.2) is 0 Å². The van der Waals surface area contributed by atoms with E-state index in [0.29, 0.717) is 30.9 Å². The summed E-state index contributed by atoms with van der Waals surface area (Å²) in [5, 5.41) is 2.66. The molecule has 0 atom stereocenters. The standard InChI is InChI=1S/C15H20N2O5S/c1-2-22-15(19)9-8-14(18)16-12-4-6-13(7-5-12)17-10-3-11-23(17,20)21/h4-7H,2-3,8-11H2,1H3,(H,16,18). The molecule has 7 nitrogen and oxygen atoms in total. The van der Waals surface area contributed by atoms with Crippen molar-refractivity contribution in [2.75, 3.05) is 28.5 Å². The zero-order valence-electron chi connectivity index (χ0n) is 12.9. The second-order valence-corrected chi connectivity index (χ2v) is 7.15. The predicted molar refractivity (Wildman–Crippen MR) is 86.7 cm³/mol. The van der Waals surface area contributed by atoms with Crippen LogP contribution in [0.15, 0.2) is 24.3 Å². The number of nitrogens with one attached hydrogen (secondary N) is 1. The highest BCUT2D eigenvalue weighted by atomic mass is 32.2. The Morgan fingerprint density at radius 2 is 1.91 bits per heavy atom. The summed E-state index contributed by atoms with van der Waals surface area (Å²) in [5.41, 5.74) is 1.14. The lowest BCUT2D eigenvalue weighted by Gasteiger charge is -2.17. The van der Waals surface area contributed by atoms with Gasteiger partial charge < -0.3 is 10.1 Å². The van der Waals surface area contributed by atoms with E-state index in [1.807, 2.05) is 0 Å². The second-order valence-electron chi connectivity index (χ2n) is 5.14. The van der Waals surface area contributed by atoms with Crippen molar-refractivity contribution in [3.8, 4) is 0 Å². The molecule has 2 rings (SSSR count). The third kappa shape index (κ3) is 4.69. The summed E-state index contributed by atoms with van der Waals surface area (Å²) >= 11 is 0. The topological polar surface area (TPSA) is 92.8 Å². The van der Waals surface area contributed by atoms with E-state index in [-0.39, 0.29) is 24.5 Å². The summed E-state index contributed by atoms with van der Waals surface area (Å²) < 4.78 is 29.8. The average molecular weight is 340 g/mol. The first-order valence-electron chi connectivity index (χ1n) is 7.48. The minimum absolute atomic E-state index is 0.0315. The summed E-state index contributed by atoms with van der Waals surface area (Å²) in [4.78, 5) is 22.9. The van der Waals surface area contributed by atoms with Crippen LogP contribution in [0, 0.1) is 0 Å². The number of rotatable bonds is 6. The quantitative estimate of drug-likeness (QED) is 0.792. The van der Waals surface area contributed by atoms with Crippen LogP contribution in [-0.4, -0.2) is 39.2 Å². The summed E-state index contributed by atoms with van der Waals surface area (Å²) in [6, 6.07) is 6.60. The van der Waals surface area contributed by atoms with Gasteiger partial charge >= 0.3 is 5.97 Å². The number of nitrogens with zero attached hydrogens (tertiary/aromatic N) is 1. The Labute approximate surface area is 135 Å². The molecule has 126 valence electrons. The molecular formula is C15H20N2O5S. The molecule has 1 fully saturated rings. The molecule has 0 aromatic heterocycles. The van der Waals surface area contributed by atoms with E-state index in [2.05, 4.69) is 5.32 Å². The number of ether oxygens (including phenoxy) is 1. The van der Waals surface area contributed by atoms with Crippen molar-refractivity contribution in [2.45, 2.75) is 26.2 Å². The highest BCUT2D eigenvalue weighted by molar-refractivity contribution is 7.93. The van der Waals surface area contributed by atoms with Gasteiger partial charge in [0, 0.05) is 18.7 Å². The summed E-state index contributed by atoms with van der Waals surface area (Å²) in [7, 11) is -3.21. The first-order chi connectivity index (χ1) is 10.9. The number of hydrogen-bond acceptors (Lipinski definition) is 5. The Morgan fingerprint density at radius 3 is 2.48 bits per heavy atom. The molecule has 0 saturated carbocycles. The number of benzene rings is 1. The van der Waals surface area contributed by atoms with Gasteiger partial charge in [-0.15, -0.1) is 0 Å². The maximum absolute atomic E-state index is 11.8. The van der Waals surface area contributed by atoms with E-state index in [4.69, 9.17) is 4.74 Å². The molecule has 0 aliphatic carbocycles. The molecule has 1 aromatic rings. The number of amides is 1. The lowest BCUT2D eigenvalue weighted by Crippen LogP contribution is -2.25. The fourth-order valence-electron chi connectivity index (χ4n) is 2.31. The Morgan fingerprint density at radius 1 is 1.22 bits per heavy atom. The minimum Gasteiger partial charge on any atom is -0.466 e. The van der Waals surface area contributed by atoms with E-state index in [1.165, 1.54) is 4.31 Å². The molecule has 1 aromatic carbocycles. The van der Waals surface area contributed by atoms with E-state index in [1.54, 1.807) is 31.2 Å². The fourth-order valence-corrected chi connectivity index (χ4v) is 3.88. The molecule has 0 bridgehead atoms. The molecule has 1 amide bonds. The van der Waals surface area contributed by atoms with Crippen LogP contribution in [0.2, 0.25) is 0 Å². The maximum Gasteiger partial charge on any atom is 0.306 e. The summed E-state index contributed by atoms with van der Waals surface area (Å²) in [6.45, 7) is 2.48. The number of carbonyl (C=O) groups is 2. The van der Waals surface area contributed by atoms with Gasteiger partial charge in [0.2, 0.25) is 15.9 Å². The Balaban J connectivity index is 1.90. The molecule has 0 radical (unpaired) electrons. The van der Waals surface area contributed by atoms with Crippen LogP contribution in [0.25, 0.3) is 0 Å². The van der Waals surface area contributed by atoms with Gasteiger partial charge in [0.1, 0.15) is 0 Å². The van der Waals surface area contributed by atoms with Crippen LogP contribution in [-0.2, 0) is 24.3 Å². The van der Waals surface area contributed by atoms with Crippen LogP contribution < -0.4 is 9.62 Å². The van der Waals surface area contributed by atoms with Gasteiger partial charge in [0.05, 0.1) is 24.5 Å². The number of anilines is 2. The first-order valence-corrected chi connectivity index (χ1v) is 9.09. The molecule has 0 spiro atoms. The molecule has 23 heavy (non-hydrogen) atoms. The normalized spacial score (nSPS) is 16.1. The van der Waals surface area contributed by atoms with Crippen molar-refractivity contribution in [1.82, 2.24) is 0 Å². The average Bonchev–Trinajstić information content (AvgIpc) is 2.86. The van der Waals surface area contributed by atoms with Crippen molar-refractivity contribution in [3.63, 3.8) is 0 Å². The summed E-state index contributed by atoms with van der Waals surface area (Å²) in [6.07, 6.45) is 0.694. The molecule has 1 aliphatic heterocycles. The summed E-state index contributed by atoms with van der Waals surface area (Å²) in [5.74, 6) is -0.531. The number of hydrogen-bond donors (Lipinski definition) is 1. The van der Waals surface area contributed by atoms with E-state index < -0.39 is 16.0 Å². The van der Waals surface area contributed by atoms with Crippen LogP contribution in [0.3, 0.4) is 0 Å². The van der Waals surface area contributed by atoms with Crippen molar-refractivity contribution in [2.24, 2.45) is 0 Å². The van der Waals surface area contributed by atoms with E-state index in [0.717, 1.165) is 0 Å². The highest BCUT2D eigenvalue weighted by Gasteiger charge is 2.28. The molecule has 8 heteroatoms. The minimum atomic E-state index is -3.21. The Kier molecular flexibility index (Phi) is 5.59. The van der Waals surface area contributed by atoms with Crippen molar-refractivity contribution in [1.29, 1.82) is 0 Å².